The number of H-pyrrole nitrogens is 1. The summed E-state index contributed by atoms with van der Waals surface area (Å²) < 4.78 is 20.2. The van der Waals surface area contributed by atoms with Crippen molar-refractivity contribution in [1.29, 1.82) is 0 Å². The Morgan fingerprint density at radius 1 is 1.21 bits per heavy atom. The van der Waals surface area contributed by atoms with E-state index in [0.717, 1.165) is 17.5 Å². The fourth-order valence-electron chi connectivity index (χ4n) is 4.53. The summed E-state index contributed by atoms with van der Waals surface area (Å²) in [7, 11) is 1.44. The van der Waals surface area contributed by atoms with Crippen LogP contribution in [0.3, 0.4) is 0 Å². The molecule has 1 fully saturated rings. The number of anilines is 2. The van der Waals surface area contributed by atoms with Gasteiger partial charge in [-0.2, -0.15) is 10.2 Å². The molecule has 4 N–H and O–H groups in total. The van der Waals surface area contributed by atoms with Crippen molar-refractivity contribution in [1.82, 2.24) is 40.2 Å². The number of hydrogen-bond donors (Lipinski definition) is 4. The molecule has 5 rings (SSSR count). The Morgan fingerprint density at radius 2 is 2.00 bits per heavy atom. The Hall–Kier alpha value is -4.23. The molecule has 13 heteroatoms. The number of carbonyl (C=O) groups excluding carboxylic acids is 1. The van der Waals surface area contributed by atoms with Crippen LogP contribution in [0.25, 0.3) is 5.82 Å². The molecule has 0 aliphatic heterocycles. The smallest absolute Gasteiger partial charge is 0.252 e. The van der Waals surface area contributed by atoms with Gasteiger partial charge in [0, 0.05) is 49.7 Å². The van der Waals surface area contributed by atoms with E-state index in [-0.39, 0.29) is 24.6 Å². The van der Waals surface area contributed by atoms with Crippen molar-refractivity contribution in [2.45, 2.75) is 50.9 Å². The first-order chi connectivity index (χ1) is 18.1. The van der Waals surface area contributed by atoms with E-state index < -0.39 is 23.1 Å². The number of nitrogens with zero attached hydrogens (tertiary/aromatic N) is 6. The number of rotatable bonds is 8. The summed E-state index contributed by atoms with van der Waals surface area (Å²) in [5, 5.41) is 28.3. The Kier molecular flexibility index (Phi) is 6.41. The Labute approximate surface area is 217 Å². The molecule has 0 aromatic carbocycles. The zero-order valence-corrected chi connectivity index (χ0v) is 21.4. The molecule has 1 atom stereocenters. The van der Waals surface area contributed by atoms with E-state index >= 15 is 0 Å². The number of aliphatic hydroxyl groups is 1. The maximum Gasteiger partial charge on any atom is 0.252 e. The van der Waals surface area contributed by atoms with E-state index in [1.54, 1.807) is 31.3 Å². The van der Waals surface area contributed by atoms with Crippen molar-refractivity contribution in [2.75, 3.05) is 12.4 Å². The van der Waals surface area contributed by atoms with Crippen LogP contribution in [0.1, 0.15) is 48.6 Å². The summed E-state index contributed by atoms with van der Waals surface area (Å²) in [6.07, 6.45) is 3.89. The number of nitrogens with one attached hydrogen (secondary N) is 3. The van der Waals surface area contributed by atoms with Crippen LogP contribution in [0.2, 0.25) is 0 Å². The topological polar surface area (TPSA) is 156 Å². The zero-order chi connectivity index (χ0) is 27.1. The monoisotopic (exact) mass is 521 g/mol. The minimum absolute atomic E-state index is 0.0124. The molecule has 4 heterocycles. The zero-order valence-electron chi connectivity index (χ0n) is 21.4. The van der Waals surface area contributed by atoms with Gasteiger partial charge in [-0.1, -0.05) is 6.07 Å². The number of aromatic amines is 1. The third-order valence-electron chi connectivity index (χ3n) is 6.60. The number of halogens is 1. The number of aryl methyl sites for hydroxylation is 2. The fraction of sp³-hybridized carbons (Fsp3) is 0.360. The molecule has 0 radical (unpaired) electrons. The predicted octanol–water partition coefficient (Wildman–Crippen LogP) is 2.52. The van der Waals surface area contributed by atoms with Gasteiger partial charge in [-0.15, -0.1) is 0 Å². The number of carbonyl (C=O) groups is 1. The van der Waals surface area contributed by atoms with Crippen LogP contribution in [0.15, 0.2) is 42.9 Å². The van der Waals surface area contributed by atoms with Gasteiger partial charge in [0.1, 0.15) is 11.4 Å². The highest BCUT2D eigenvalue weighted by molar-refractivity contribution is 5.87. The highest BCUT2D eigenvalue weighted by Crippen LogP contribution is 2.49. The maximum absolute atomic E-state index is 13.3. The summed E-state index contributed by atoms with van der Waals surface area (Å²) in [5.74, 6) is 0.894. The van der Waals surface area contributed by atoms with Gasteiger partial charge >= 0.3 is 0 Å². The minimum atomic E-state index is -1.44. The van der Waals surface area contributed by atoms with Crippen molar-refractivity contribution < 1.29 is 19.0 Å². The highest BCUT2D eigenvalue weighted by atomic mass is 19.1. The van der Waals surface area contributed by atoms with Crippen molar-refractivity contribution in [3.63, 3.8) is 0 Å². The molecular weight excluding hydrogens is 493 g/mol. The molecule has 38 heavy (non-hydrogen) atoms. The molecule has 0 unspecified atom stereocenters. The Bertz CT molecular complexity index is 1460. The van der Waals surface area contributed by atoms with Crippen LogP contribution in [-0.2, 0) is 15.1 Å². The van der Waals surface area contributed by atoms with E-state index in [1.165, 1.54) is 18.0 Å². The second-order valence-corrected chi connectivity index (χ2v) is 9.61. The second kappa shape index (κ2) is 9.58. The molecular formula is C25H28FN9O3. The molecule has 1 amide bonds. The van der Waals surface area contributed by atoms with E-state index in [0.29, 0.717) is 23.1 Å². The van der Waals surface area contributed by atoms with E-state index in [2.05, 4.69) is 40.9 Å². The van der Waals surface area contributed by atoms with Crippen LogP contribution < -0.4 is 10.6 Å². The van der Waals surface area contributed by atoms with Gasteiger partial charge in [0.05, 0.1) is 18.4 Å². The predicted molar refractivity (Wildman–Crippen MR) is 134 cm³/mol. The van der Waals surface area contributed by atoms with E-state index in [1.807, 2.05) is 19.9 Å². The number of amides is 1. The SMILES string of the molecule is CO[C@]1(C(=O)N[C@@H](C)c2ccc(-n3cc(F)cn3)nc2)C[C@](O)(c2nc(C)cc(Nc3cc(C)[nH]n3)n2)C1. The molecule has 1 saturated carbocycles. The molecule has 198 valence electrons. The first-order valence-electron chi connectivity index (χ1n) is 12.0. The number of ether oxygens (including phenoxy) is 1. The van der Waals surface area contributed by atoms with Gasteiger partial charge in [0.25, 0.3) is 5.91 Å². The van der Waals surface area contributed by atoms with Crippen LogP contribution in [0, 0.1) is 19.7 Å². The second-order valence-electron chi connectivity index (χ2n) is 9.61. The molecule has 0 bridgehead atoms. The first-order valence-corrected chi connectivity index (χ1v) is 12.0. The maximum atomic E-state index is 13.3. The number of aromatic nitrogens is 7. The highest BCUT2D eigenvalue weighted by Gasteiger charge is 2.61. The fourth-order valence-corrected chi connectivity index (χ4v) is 4.53. The summed E-state index contributed by atoms with van der Waals surface area (Å²) in [6.45, 7) is 5.50. The molecule has 0 spiro atoms. The van der Waals surface area contributed by atoms with Crippen molar-refractivity contribution in [2.24, 2.45) is 0 Å². The molecule has 12 nitrogen and oxygen atoms in total. The molecule has 4 aromatic heterocycles. The lowest BCUT2D eigenvalue weighted by molar-refractivity contribution is -0.208. The minimum Gasteiger partial charge on any atom is -0.382 e. The van der Waals surface area contributed by atoms with E-state index in [9.17, 15) is 14.3 Å². The Morgan fingerprint density at radius 3 is 2.61 bits per heavy atom. The van der Waals surface area contributed by atoms with Crippen LogP contribution in [-0.4, -0.2) is 58.7 Å². The summed E-state index contributed by atoms with van der Waals surface area (Å²) in [4.78, 5) is 26.5. The lowest BCUT2D eigenvalue weighted by Crippen LogP contribution is -2.64. The quantitative estimate of drug-likeness (QED) is 0.274. The number of pyridine rings is 1. The molecule has 0 saturated heterocycles. The van der Waals surface area contributed by atoms with Gasteiger partial charge in [-0.05, 0) is 32.4 Å². The normalized spacial score (nSPS) is 21.5. The lowest BCUT2D eigenvalue weighted by atomic mass is 9.65. The third-order valence-corrected chi connectivity index (χ3v) is 6.60. The summed E-state index contributed by atoms with van der Waals surface area (Å²) in [5.41, 5.74) is -0.408. The summed E-state index contributed by atoms with van der Waals surface area (Å²) >= 11 is 0. The number of hydrogen-bond acceptors (Lipinski definition) is 9. The summed E-state index contributed by atoms with van der Waals surface area (Å²) in [6, 6.07) is 6.64. The number of methoxy groups -OCH3 is 1. The van der Waals surface area contributed by atoms with Gasteiger partial charge in [-0.25, -0.2) is 24.0 Å². The van der Waals surface area contributed by atoms with Crippen LogP contribution in [0.5, 0.6) is 0 Å². The van der Waals surface area contributed by atoms with Gasteiger partial charge < -0.3 is 20.5 Å². The first kappa shape index (κ1) is 25.4. The lowest BCUT2D eigenvalue weighted by Gasteiger charge is -2.50. The molecule has 1 aliphatic carbocycles. The van der Waals surface area contributed by atoms with Crippen molar-refractivity contribution in [3.8, 4) is 5.82 Å². The third kappa shape index (κ3) is 4.85. The van der Waals surface area contributed by atoms with Crippen LogP contribution >= 0.6 is 0 Å². The average molecular weight is 522 g/mol. The molecule has 1 aliphatic rings. The van der Waals surface area contributed by atoms with Gasteiger partial charge in [-0.3, -0.25) is 9.89 Å². The molecule has 4 aromatic rings. The van der Waals surface area contributed by atoms with Crippen LogP contribution in [0.4, 0.5) is 16.0 Å². The Balaban J connectivity index is 1.27. The largest absolute Gasteiger partial charge is 0.382 e. The van der Waals surface area contributed by atoms with E-state index in [4.69, 9.17) is 4.74 Å². The standard InChI is InChI=1S/C25H28FN9O3/c1-14-7-19(31-20-8-15(2)33-34-20)32-22(29-14)24(37)12-25(13-24,38-4)23(36)30-16(3)17-5-6-21(27-9-17)35-11-18(26)10-28-35/h5-11,16,37H,12-13H2,1-4H3,(H,30,36)(H2,29,31,32,33,34)/t16-,24-,25-/m0/s1. The average Bonchev–Trinajstić information content (AvgIpc) is 3.49. The van der Waals surface area contributed by atoms with Gasteiger partial charge in [0.15, 0.2) is 28.9 Å². The van der Waals surface area contributed by atoms with Crippen molar-refractivity contribution in [3.05, 3.63) is 71.4 Å². The van der Waals surface area contributed by atoms with Crippen molar-refractivity contribution >= 4 is 17.5 Å². The van der Waals surface area contributed by atoms with Gasteiger partial charge in [0.2, 0.25) is 0 Å².